The van der Waals surface area contributed by atoms with Crippen molar-refractivity contribution < 1.29 is 19.4 Å². The molecule has 2 atom stereocenters. The molecule has 0 amide bonds. The van der Waals surface area contributed by atoms with E-state index in [1.165, 1.54) is 0 Å². The summed E-state index contributed by atoms with van der Waals surface area (Å²) >= 11 is 0. The number of carboxylic acid groups (broad SMARTS) is 1. The molecule has 1 aliphatic heterocycles. The molecular weight excluding hydrogens is 222 g/mol. The van der Waals surface area contributed by atoms with Gasteiger partial charge in [0.25, 0.3) is 0 Å². The fourth-order valence-electron chi connectivity index (χ4n) is 2.13. The van der Waals surface area contributed by atoms with E-state index in [9.17, 15) is 9.90 Å². The molecule has 17 heavy (non-hydrogen) atoms. The van der Waals surface area contributed by atoms with Crippen molar-refractivity contribution in [1.29, 1.82) is 0 Å². The van der Waals surface area contributed by atoms with E-state index in [4.69, 9.17) is 9.47 Å². The molecule has 1 heterocycles. The minimum absolute atomic E-state index is 0.0729. The van der Waals surface area contributed by atoms with Gasteiger partial charge in [-0.25, -0.2) is 0 Å². The van der Waals surface area contributed by atoms with Gasteiger partial charge in [-0.2, -0.15) is 0 Å². The van der Waals surface area contributed by atoms with Crippen LogP contribution in [0.15, 0.2) is 0 Å². The first-order valence-corrected chi connectivity index (χ1v) is 6.24. The van der Waals surface area contributed by atoms with Gasteiger partial charge in [-0.3, -0.25) is 10.1 Å². The van der Waals surface area contributed by atoms with Gasteiger partial charge in [0.05, 0.1) is 19.3 Å². The Balaban J connectivity index is 1.83. The standard InChI is InChI=1S/C12H21NO4/c1-8(17-10-6-16-7-10)5-12(2,11(14)15)13-9-3-4-9/h8-10,13H,3-7H2,1-2H3,(H,14,15). The second-order valence-corrected chi connectivity index (χ2v) is 5.37. The normalized spacial score (nSPS) is 26.0. The molecule has 2 N–H and O–H groups in total. The molecule has 0 aromatic rings. The van der Waals surface area contributed by atoms with Gasteiger partial charge in [-0.05, 0) is 26.7 Å². The highest BCUT2D eigenvalue weighted by Crippen LogP contribution is 2.26. The first kappa shape index (κ1) is 12.8. The van der Waals surface area contributed by atoms with E-state index in [2.05, 4.69) is 5.32 Å². The lowest BCUT2D eigenvalue weighted by Gasteiger charge is -2.33. The van der Waals surface area contributed by atoms with Crippen LogP contribution < -0.4 is 5.32 Å². The lowest BCUT2D eigenvalue weighted by molar-refractivity contribution is -0.161. The van der Waals surface area contributed by atoms with Gasteiger partial charge in [0.15, 0.2) is 0 Å². The summed E-state index contributed by atoms with van der Waals surface area (Å²) < 4.78 is 10.7. The van der Waals surface area contributed by atoms with Crippen molar-refractivity contribution >= 4 is 5.97 Å². The Kier molecular flexibility index (Phi) is 3.70. The van der Waals surface area contributed by atoms with Crippen LogP contribution in [0.25, 0.3) is 0 Å². The number of hydrogen-bond donors (Lipinski definition) is 2. The highest BCUT2D eigenvalue weighted by molar-refractivity contribution is 5.78. The van der Waals surface area contributed by atoms with Crippen LogP contribution in [0.5, 0.6) is 0 Å². The van der Waals surface area contributed by atoms with Gasteiger partial charge in [0.1, 0.15) is 11.6 Å². The van der Waals surface area contributed by atoms with E-state index >= 15 is 0 Å². The van der Waals surface area contributed by atoms with Crippen LogP contribution in [0.3, 0.4) is 0 Å². The molecule has 0 bridgehead atoms. The lowest BCUT2D eigenvalue weighted by atomic mass is 9.94. The van der Waals surface area contributed by atoms with Crippen LogP contribution >= 0.6 is 0 Å². The first-order chi connectivity index (χ1) is 7.99. The van der Waals surface area contributed by atoms with Crippen LogP contribution in [0, 0.1) is 0 Å². The predicted octanol–water partition coefficient (Wildman–Crippen LogP) is 0.776. The summed E-state index contributed by atoms with van der Waals surface area (Å²) in [7, 11) is 0. The van der Waals surface area contributed by atoms with Gasteiger partial charge in [0, 0.05) is 12.5 Å². The first-order valence-electron chi connectivity index (χ1n) is 6.24. The molecule has 5 heteroatoms. The average Bonchev–Trinajstić information content (AvgIpc) is 2.94. The summed E-state index contributed by atoms with van der Waals surface area (Å²) in [6, 6.07) is 0.371. The van der Waals surface area contributed by atoms with E-state index in [0.29, 0.717) is 25.7 Å². The number of aliphatic carboxylic acids is 1. The molecule has 2 rings (SSSR count). The van der Waals surface area contributed by atoms with Crippen molar-refractivity contribution in [2.75, 3.05) is 13.2 Å². The zero-order chi connectivity index (χ0) is 12.5. The molecule has 1 saturated carbocycles. The third kappa shape index (κ3) is 3.40. The minimum Gasteiger partial charge on any atom is -0.480 e. The van der Waals surface area contributed by atoms with Crippen LogP contribution in [-0.2, 0) is 14.3 Å². The number of carbonyl (C=O) groups is 1. The molecule has 0 aromatic heterocycles. The number of hydrogen-bond acceptors (Lipinski definition) is 4. The molecule has 0 radical (unpaired) electrons. The van der Waals surface area contributed by atoms with Crippen molar-refractivity contribution in [1.82, 2.24) is 5.32 Å². The predicted molar refractivity (Wildman–Crippen MR) is 62.0 cm³/mol. The second kappa shape index (κ2) is 4.92. The molecule has 2 fully saturated rings. The fourth-order valence-corrected chi connectivity index (χ4v) is 2.13. The zero-order valence-corrected chi connectivity index (χ0v) is 10.4. The summed E-state index contributed by atoms with van der Waals surface area (Å²) in [4.78, 5) is 11.3. The summed E-state index contributed by atoms with van der Waals surface area (Å²) in [5.41, 5.74) is -0.884. The smallest absolute Gasteiger partial charge is 0.323 e. The number of rotatable bonds is 7. The Morgan fingerprint density at radius 2 is 2.24 bits per heavy atom. The van der Waals surface area contributed by atoms with Crippen LogP contribution in [0.4, 0.5) is 0 Å². The molecule has 0 spiro atoms. The van der Waals surface area contributed by atoms with E-state index < -0.39 is 11.5 Å². The maximum absolute atomic E-state index is 11.3. The molecule has 0 aromatic carbocycles. The summed E-state index contributed by atoms with van der Waals surface area (Å²) in [5.74, 6) is -0.801. The van der Waals surface area contributed by atoms with Gasteiger partial charge >= 0.3 is 5.97 Å². The van der Waals surface area contributed by atoms with Crippen LogP contribution in [0.1, 0.15) is 33.1 Å². The molecule has 2 unspecified atom stereocenters. The Labute approximate surface area is 101 Å². The minimum atomic E-state index is -0.884. The van der Waals surface area contributed by atoms with Crippen molar-refractivity contribution in [3.8, 4) is 0 Å². The summed E-state index contributed by atoms with van der Waals surface area (Å²) in [6.45, 7) is 4.92. The SMILES string of the molecule is CC(CC(C)(NC1CC1)C(=O)O)OC1COC1. The van der Waals surface area contributed by atoms with Gasteiger partial charge < -0.3 is 14.6 Å². The lowest BCUT2D eigenvalue weighted by Crippen LogP contribution is -2.53. The van der Waals surface area contributed by atoms with E-state index in [1.54, 1.807) is 6.92 Å². The maximum atomic E-state index is 11.3. The number of ether oxygens (including phenoxy) is 2. The second-order valence-electron chi connectivity index (χ2n) is 5.37. The van der Waals surface area contributed by atoms with Crippen LogP contribution in [-0.4, -0.2) is 48.1 Å². The monoisotopic (exact) mass is 243 g/mol. The summed E-state index contributed by atoms with van der Waals surface area (Å²) in [5, 5.41) is 12.5. The molecule has 5 nitrogen and oxygen atoms in total. The van der Waals surface area contributed by atoms with Crippen LogP contribution in [0.2, 0.25) is 0 Å². The third-order valence-electron chi connectivity index (χ3n) is 3.30. The van der Waals surface area contributed by atoms with E-state index in [0.717, 1.165) is 12.8 Å². The Bertz CT molecular complexity index is 288. The topological polar surface area (TPSA) is 67.8 Å². The van der Waals surface area contributed by atoms with Crippen molar-refractivity contribution in [2.24, 2.45) is 0 Å². The Morgan fingerprint density at radius 1 is 1.59 bits per heavy atom. The van der Waals surface area contributed by atoms with Crippen molar-refractivity contribution in [2.45, 2.75) is 56.9 Å². The van der Waals surface area contributed by atoms with E-state index in [-0.39, 0.29) is 12.2 Å². The largest absolute Gasteiger partial charge is 0.480 e. The molecule has 1 saturated heterocycles. The average molecular weight is 243 g/mol. The quantitative estimate of drug-likeness (QED) is 0.691. The third-order valence-corrected chi connectivity index (χ3v) is 3.30. The van der Waals surface area contributed by atoms with Gasteiger partial charge in [-0.1, -0.05) is 0 Å². The molecular formula is C12H21NO4. The molecule has 2 aliphatic rings. The zero-order valence-electron chi connectivity index (χ0n) is 10.4. The molecule has 98 valence electrons. The highest BCUT2D eigenvalue weighted by atomic mass is 16.6. The molecule has 1 aliphatic carbocycles. The highest BCUT2D eigenvalue weighted by Gasteiger charge is 2.40. The fraction of sp³-hybridized carbons (Fsp3) is 0.917. The Hall–Kier alpha value is -0.650. The Morgan fingerprint density at radius 3 is 2.65 bits per heavy atom. The van der Waals surface area contributed by atoms with Crippen molar-refractivity contribution in [3.05, 3.63) is 0 Å². The van der Waals surface area contributed by atoms with E-state index in [1.807, 2.05) is 6.92 Å². The van der Waals surface area contributed by atoms with Crippen molar-refractivity contribution in [3.63, 3.8) is 0 Å². The number of carboxylic acids is 1. The number of nitrogens with one attached hydrogen (secondary N) is 1. The van der Waals surface area contributed by atoms with Gasteiger partial charge in [0.2, 0.25) is 0 Å². The van der Waals surface area contributed by atoms with Gasteiger partial charge in [-0.15, -0.1) is 0 Å². The summed E-state index contributed by atoms with van der Waals surface area (Å²) in [6.07, 6.45) is 2.71. The maximum Gasteiger partial charge on any atom is 0.323 e.